The third kappa shape index (κ3) is 4.05. The van der Waals surface area contributed by atoms with Crippen LogP contribution in [-0.2, 0) is 6.42 Å². The van der Waals surface area contributed by atoms with Gasteiger partial charge in [-0.15, -0.1) is 0 Å². The third-order valence-corrected chi connectivity index (χ3v) is 3.66. The summed E-state index contributed by atoms with van der Waals surface area (Å²) < 4.78 is 1.97. The van der Waals surface area contributed by atoms with Gasteiger partial charge in [-0.1, -0.05) is 24.6 Å². The largest absolute Gasteiger partial charge is 0.310 e. The van der Waals surface area contributed by atoms with Gasteiger partial charge in [0, 0.05) is 23.5 Å². The molecule has 2 rings (SSSR count). The molecule has 5 heteroatoms. The average molecular weight is 307 g/mol. The lowest BCUT2D eigenvalue weighted by Gasteiger charge is -2.20. The Bertz CT molecular complexity index is 571. The van der Waals surface area contributed by atoms with E-state index in [0.29, 0.717) is 6.04 Å². The Hall–Kier alpha value is -1.39. The van der Waals surface area contributed by atoms with E-state index in [4.69, 9.17) is 11.6 Å². The maximum absolute atomic E-state index is 6.20. The van der Waals surface area contributed by atoms with E-state index in [1.165, 1.54) is 11.1 Å². The second-order valence-electron chi connectivity index (χ2n) is 5.59. The first-order valence-corrected chi connectivity index (χ1v) is 7.78. The van der Waals surface area contributed by atoms with Crippen LogP contribution in [0.1, 0.15) is 49.8 Å². The number of hydrogen-bond acceptors (Lipinski definition) is 3. The molecule has 4 nitrogen and oxygen atoms in total. The minimum atomic E-state index is 0.189. The number of aromatic nitrogens is 3. The van der Waals surface area contributed by atoms with Crippen LogP contribution in [-0.4, -0.2) is 21.3 Å². The average Bonchev–Trinajstić information content (AvgIpc) is 2.85. The molecule has 114 valence electrons. The first-order valence-electron chi connectivity index (χ1n) is 7.40. The molecule has 1 aromatic carbocycles. The van der Waals surface area contributed by atoms with Crippen molar-refractivity contribution in [2.24, 2.45) is 0 Å². The summed E-state index contributed by atoms with van der Waals surface area (Å²) in [6, 6.07) is 6.68. The van der Waals surface area contributed by atoms with E-state index in [-0.39, 0.29) is 6.04 Å². The highest BCUT2D eigenvalue weighted by atomic mass is 35.5. The maximum atomic E-state index is 6.20. The van der Waals surface area contributed by atoms with Crippen LogP contribution in [0.15, 0.2) is 24.5 Å². The SMILES string of the molecule is CCNC(Cc1ncnn1C(C)C)c1cc(C)cc(Cl)c1. The summed E-state index contributed by atoms with van der Waals surface area (Å²) in [6.45, 7) is 9.30. The number of rotatable bonds is 6. The predicted octanol–water partition coefficient (Wildman–Crippen LogP) is 3.71. The monoisotopic (exact) mass is 306 g/mol. The normalized spacial score (nSPS) is 12.9. The molecule has 0 spiro atoms. The Balaban J connectivity index is 2.28. The predicted molar refractivity (Wildman–Crippen MR) is 86.7 cm³/mol. The molecular formula is C16H23ClN4. The topological polar surface area (TPSA) is 42.7 Å². The van der Waals surface area contributed by atoms with Gasteiger partial charge in [-0.05, 0) is 50.6 Å². The van der Waals surface area contributed by atoms with E-state index < -0.39 is 0 Å². The molecule has 0 bridgehead atoms. The molecule has 0 aliphatic heterocycles. The number of likely N-dealkylation sites (N-methyl/N-ethyl adjacent to an activating group) is 1. The Morgan fingerprint density at radius 1 is 1.29 bits per heavy atom. The molecule has 1 atom stereocenters. The van der Waals surface area contributed by atoms with E-state index in [2.05, 4.69) is 49.2 Å². The lowest BCUT2D eigenvalue weighted by atomic mass is 10.0. The van der Waals surface area contributed by atoms with Gasteiger partial charge in [-0.25, -0.2) is 9.67 Å². The molecule has 1 aromatic heterocycles. The van der Waals surface area contributed by atoms with E-state index >= 15 is 0 Å². The highest BCUT2D eigenvalue weighted by molar-refractivity contribution is 6.30. The van der Waals surface area contributed by atoms with E-state index in [9.17, 15) is 0 Å². The molecule has 0 amide bonds. The zero-order chi connectivity index (χ0) is 15.4. The van der Waals surface area contributed by atoms with Crippen LogP contribution in [0.25, 0.3) is 0 Å². The number of nitrogens with zero attached hydrogens (tertiary/aromatic N) is 3. The summed E-state index contributed by atoms with van der Waals surface area (Å²) in [4.78, 5) is 4.41. The van der Waals surface area contributed by atoms with Crippen molar-refractivity contribution in [1.29, 1.82) is 0 Å². The molecule has 0 aliphatic rings. The first kappa shape index (κ1) is 16.0. The molecule has 0 radical (unpaired) electrons. The maximum Gasteiger partial charge on any atom is 0.138 e. The van der Waals surface area contributed by atoms with Crippen molar-refractivity contribution >= 4 is 11.6 Å². The highest BCUT2D eigenvalue weighted by Gasteiger charge is 2.17. The van der Waals surface area contributed by atoms with Gasteiger partial charge < -0.3 is 5.32 Å². The lowest BCUT2D eigenvalue weighted by molar-refractivity contribution is 0.468. The fourth-order valence-electron chi connectivity index (χ4n) is 2.55. The quantitative estimate of drug-likeness (QED) is 0.884. The highest BCUT2D eigenvalue weighted by Crippen LogP contribution is 2.23. The van der Waals surface area contributed by atoms with Gasteiger partial charge in [-0.2, -0.15) is 5.10 Å². The molecule has 1 heterocycles. The molecule has 0 aliphatic carbocycles. The van der Waals surface area contributed by atoms with E-state index in [1.54, 1.807) is 6.33 Å². The molecule has 0 saturated carbocycles. The minimum absolute atomic E-state index is 0.189. The van der Waals surface area contributed by atoms with Crippen molar-refractivity contribution in [2.45, 2.75) is 46.2 Å². The summed E-state index contributed by atoms with van der Waals surface area (Å²) in [5.74, 6) is 0.994. The Morgan fingerprint density at radius 2 is 2.05 bits per heavy atom. The molecule has 0 fully saturated rings. The Morgan fingerprint density at radius 3 is 2.67 bits per heavy atom. The van der Waals surface area contributed by atoms with Crippen LogP contribution in [0.4, 0.5) is 0 Å². The van der Waals surface area contributed by atoms with Crippen molar-refractivity contribution in [3.05, 3.63) is 46.5 Å². The first-order chi connectivity index (χ1) is 10.0. The number of nitrogens with one attached hydrogen (secondary N) is 1. The van der Waals surface area contributed by atoms with Crippen LogP contribution < -0.4 is 5.32 Å². The fourth-order valence-corrected chi connectivity index (χ4v) is 2.85. The smallest absolute Gasteiger partial charge is 0.138 e. The van der Waals surface area contributed by atoms with Gasteiger partial charge >= 0.3 is 0 Å². The molecule has 0 saturated heterocycles. The van der Waals surface area contributed by atoms with Crippen molar-refractivity contribution in [2.75, 3.05) is 6.54 Å². The van der Waals surface area contributed by atoms with Gasteiger partial charge in [-0.3, -0.25) is 0 Å². The summed E-state index contributed by atoms with van der Waals surface area (Å²) in [6.07, 6.45) is 2.42. The van der Waals surface area contributed by atoms with Crippen molar-refractivity contribution < 1.29 is 0 Å². The van der Waals surface area contributed by atoms with E-state index in [0.717, 1.165) is 23.8 Å². The van der Waals surface area contributed by atoms with Gasteiger partial charge in [0.05, 0.1) is 0 Å². The summed E-state index contributed by atoms with van der Waals surface area (Å²) in [5, 5.41) is 8.60. The second kappa shape index (κ2) is 7.05. The van der Waals surface area contributed by atoms with Crippen LogP contribution in [0, 0.1) is 6.92 Å². The van der Waals surface area contributed by atoms with Gasteiger partial charge in [0.2, 0.25) is 0 Å². The minimum Gasteiger partial charge on any atom is -0.310 e. The number of halogens is 1. The molecule has 1 unspecified atom stereocenters. The molecular weight excluding hydrogens is 284 g/mol. The van der Waals surface area contributed by atoms with Gasteiger partial charge in [0.25, 0.3) is 0 Å². The zero-order valence-electron chi connectivity index (χ0n) is 13.1. The number of hydrogen-bond donors (Lipinski definition) is 1. The van der Waals surface area contributed by atoms with Crippen LogP contribution in [0.3, 0.4) is 0 Å². The summed E-state index contributed by atoms with van der Waals surface area (Å²) in [7, 11) is 0. The van der Waals surface area contributed by atoms with Crippen molar-refractivity contribution in [3.63, 3.8) is 0 Å². The van der Waals surface area contributed by atoms with Crippen LogP contribution in [0.5, 0.6) is 0 Å². The van der Waals surface area contributed by atoms with E-state index in [1.807, 2.05) is 16.8 Å². The second-order valence-corrected chi connectivity index (χ2v) is 6.03. The lowest BCUT2D eigenvalue weighted by Crippen LogP contribution is -2.25. The Kier molecular flexibility index (Phi) is 5.37. The summed E-state index contributed by atoms with van der Waals surface area (Å²) in [5.41, 5.74) is 2.37. The van der Waals surface area contributed by atoms with Gasteiger partial charge in [0.1, 0.15) is 12.2 Å². The molecule has 1 N–H and O–H groups in total. The summed E-state index contributed by atoms with van der Waals surface area (Å²) >= 11 is 6.20. The van der Waals surface area contributed by atoms with Crippen molar-refractivity contribution in [1.82, 2.24) is 20.1 Å². The van der Waals surface area contributed by atoms with Crippen LogP contribution >= 0.6 is 11.6 Å². The standard InChI is InChI=1S/C16H23ClN4/c1-5-18-15(13-6-12(4)7-14(17)8-13)9-16-19-10-20-21(16)11(2)3/h6-8,10-11,15,18H,5,9H2,1-4H3. The Labute approximate surface area is 131 Å². The molecule has 21 heavy (non-hydrogen) atoms. The fraction of sp³-hybridized carbons (Fsp3) is 0.500. The third-order valence-electron chi connectivity index (χ3n) is 3.44. The number of aryl methyl sites for hydroxylation is 1. The van der Waals surface area contributed by atoms with Gasteiger partial charge in [0.15, 0.2) is 0 Å². The molecule has 2 aromatic rings. The zero-order valence-corrected chi connectivity index (χ0v) is 13.9. The number of benzene rings is 1. The van der Waals surface area contributed by atoms with Crippen LogP contribution in [0.2, 0.25) is 5.02 Å². The van der Waals surface area contributed by atoms with Crippen molar-refractivity contribution in [3.8, 4) is 0 Å².